The maximum absolute atomic E-state index is 12.3. The van der Waals surface area contributed by atoms with Gasteiger partial charge in [-0.2, -0.15) is 0 Å². The third-order valence-electron chi connectivity index (χ3n) is 6.53. The summed E-state index contributed by atoms with van der Waals surface area (Å²) in [6.45, 7) is 6.43. The van der Waals surface area contributed by atoms with Crippen molar-refractivity contribution in [3.8, 4) is 0 Å². The molecule has 120 valence electrons. The highest BCUT2D eigenvalue weighted by atomic mass is 16.2. The molecule has 3 nitrogen and oxygen atoms in total. The fourth-order valence-electron chi connectivity index (χ4n) is 5.82. The zero-order valence-electron chi connectivity index (χ0n) is 14.0. The molecule has 0 saturated heterocycles. The van der Waals surface area contributed by atoms with E-state index in [1.54, 1.807) is 0 Å². The molecule has 4 fully saturated rings. The van der Waals surface area contributed by atoms with Crippen LogP contribution in [-0.2, 0) is 0 Å². The van der Waals surface area contributed by atoms with Gasteiger partial charge in [0.2, 0.25) is 0 Å². The molecule has 0 spiro atoms. The summed E-state index contributed by atoms with van der Waals surface area (Å²) in [7, 11) is 0. The van der Waals surface area contributed by atoms with Gasteiger partial charge >= 0.3 is 6.03 Å². The minimum absolute atomic E-state index is 0.0481. The van der Waals surface area contributed by atoms with Crippen LogP contribution in [0.3, 0.4) is 0 Å². The molecule has 4 rings (SSSR count). The molecule has 3 heteroatoms. The predicted molar refractivity (Wildman–Crippen MR) is 86.1 cm³/mol. The van der Waals surface area contributed by atoms with Gasteiger partial charge in [0.05, 0.1) is 0 Å². The third kappa shape index (κ3) is 2.93. The van der Waals surface area contributed by atoms with E-state index < -0.39 is 0 Å². The number of hydrogen-bond acceptors (Lipinski definition) is 1. The second kappa shape index (κ2) is 5.81. The molecule has 0 aliphatic heterocycles. The summed E-state index contributed by atoms with van der Waals surface area (Å²) in [5, 5.41) is 6.42. The number of nitrogens with one attached hydrogen (secondary N) is 2. The second-order valence-electron chi connectivity index (χ2n) is 8.17. The normalized spacial score (nSPS) is 39.9. The maximum atomic E-state index is 12.3. The monoisotopic (exact) mass is 292 g/mol. The average molecular weight is 292 g/mol. The van der Waals surface area contributed by atoms with Crippen molar-refractivity contribution in [1.29, 1.82) is 0 Å². The van der Waals surface area contributed by atoms with Crippen LogP contribution >= 0.6 is 0 Å². The molecule has 4 bridgehead atoms. The largest absolute Gasteiger partial charge is 0.336 e. The van der Waals surface area contributed by atoms with E-state index in [1.165, 1.54) is 38.5 Å². The highest BCUT2D eigenvalue weighted by molar-refractivity contribution is 5.74. The van der Waals surface area contributed by atoms with E-state index in [2.05, 4.69) is 31.4 Å². The number of hydrogen-bond donors (Lipinski definition) is 2. The van der Waals surface area contributed by atoms with E-state index in [0.717, 1.165) is 30.6 Å². The van der Waals surface area contributed by atoms with Gasteiger partial charge in [-0.15, -0.1) is 0 Å². The highest BCUT2D eigenvalue weighted by Crippen LogP contribution is 2.61. The van der Waals surface area contributed by atoms with Crippen molar-refractivity contribution < 1.29 is 4.79 Å². The van der Waals surface area contributed by atoms with E-state index in [4.69, 9.17) is 0 Å². The number of carbonyl (C=O) groups excluding carboxylic acids is 1. The van der Waals surface area contributed by atoms with Crippen molar-refractivity contribution in [2.45, 2.75) is 84.2 Å². The summed E-state index contributed by atoms with van der Waals surface area (Å²) >= 11 is 0. The van der Waals surface area contributed by atoms with E-state index in [0.29, 0.717) is 11.5 Å². The third-order valence-corrected chi connectivity index (χ3v) is 6.53. The van der Waals surface area contributed by atoms with Crippen LogP contribution in [0.1, 0.15) is 72.1 Å². The molecular weight excluding hydrogens is 260 g/mol. The van der Waals surface area contributed by atoms with E-state index in [9.17, 15) is 4.79 Å². The molecule has 0 aromatic carbocycles. The molecule has 2 amide bonds. The lowest BCUT2D eigenvalue weighted by Crippen LogP contribution is -2.58. The molecule has 4 aliphatic rings. The van der Waals surface area contributed by atoms with E-state index >= 15 is 0 Å². The van der Waals surface area contributed by atoms with Gasteiger partial charge in [-0.3, -0.25) is 0 Å². The first kappa shape index (κ1) is 15.2. The minimum atomic E-state index is 0.0481. The number of amides is 2. The van der Waals surface area contributed by atoms with Gasteiger partial charge in [0.15, 0.2) is 0 Å². The first-order valence-corrected chi connectivity index (χ1v) is 9.11. The molecular formula is C18H32N2O. The molecule has 2 atom stereocenters. The Hall–Kier alpha value is -0.730. The Morgan fingerprint density at radius 2 is 1.52 bits per heavy atom. The van der Waals surface area contributed by atoms with E-state index in [-0.39, 0.29) is 12.1 Å². The van der Waals surface area contributed by atoms with Crippen molar-refractivity contribution in [2.75, 3.05) is 0 Å². The molecule has 0 unspecified atom stereocenters. The number of carbonyl (C=O) groups is 1. The smallest absolute Gasteiger partial charge is 0.315 e. The first-order chi connectivity index (χ1) is 10.0. The Morgan fingerprint density at radius 1 is 1.00 bits per heavy atom. The molecule has 0 aromatic heterocycles. The zero-order valence-corrected chi connectivity index (χ0v) is 14.0. The van der Waals surface area contributed by atoms with Crippen LogP contribution in [0.4, 0.5) is 4.79 Å². The van der Waals surface area contributed by atoms with Crippen molar-refractivity contribution in [3.63, 3.8) is 0 Å². The van der Waals surface area contributed by atoms with Gasteiger partial charge in [-0.1, -0.05) is 13.8 Å². The predicted octanol–water partition coefficient (Wildman–Crippen LogP) is 4.08. The summed E-state index contributed by atoms with van der Waals surface area (Å²) in [5.41, 5.74) is 0.413. The Kier molecular flexibility index (Phi) is 4.20. The molecule has 4 saturated carbocycles. The number of urea groups is 1. The standard InChI is InChI=1S/C18H32N2O/c1-4-12(3)19-17(21)20-16(5-2)18-9-13-6-14(10-18)8-15(7-13)11-18/h12-16H,4-11H2,1-3H3,(H2,19,20,21)/t12-,13?,14?,15?,16-,18?/m1/s1. The van der Waals surface area contributed by atoms with Gasteiger partial charge in [-0.25, -0.2) is 4.79 Å². The Morgan fingerprint density at radius 3 is 1.95 bits per heavy atom. The summed E-state index contributed by atoms with van der Waals surface area (Å²) in [6.07, 6.45) is 10.5. The van der Waals surface area contributed by atoms with Crippen LogP contribution in [0.2, 0.25) is 0 Å². The molecule has 0 radical (unpaired) electrons. The first-order valence-electron chi connectivity index (χ1n) is 9.11. The van der Waals surface area contributed by atoms with Crippen molar-refractivity contribution in [1.82, 2.24) is 10.6 Å². The SMILES string of the molecule is CC[C@@H](C)NC(=O)N[C@H](CC)C12CC3CC(CC(C3)C1)C2. The Bertz CT molecular complexity index is 357. The lowest BCUT2D eigenvalue weighted by Gasteiger charge is -2.59. The maximum Gasteiger partial charge on any atom is 0.315 e. The lowest BCUT2D eigenvalue weighted by molar-refractivity contribution is -0.0721. The van der Waals surface area contributed by atoms with E-state index in [1.807, 2.05) is 0 Å². The van der Waals surface area contributed by atoms with Gasteiger partial charge in [0.25, 0.3) is 0 Å². The second-order valence-corrected chi connectivity index (χ2v) is 8.17. The Balaban J connectivity index is 1.67. The summed E-state index contributed by atoms with van der Waals surface area (Å²) in [6, 6.07) is 0.681. The van der Waals surface area contributed by atoms with Gasteiger partial charge < -0.3 is 10.6 Å². The van der Waals surface area contributed by atoms with Crippen LogP contribution in [0.25, 0.3) is 0 Å². The topological polar surface area (TPSA) is 41.1 Å². The average Bonchev–Trinajstić information content (AvgIpc) is 2.42. The van der Waals surface area contributed by atoms with Crippen molar-refractivity contribution >= 4 is 6.03 Å². The fourth-order valence-corrected chi connectivity index (χ4v) is 5.82. The van der Waals surface area contributed by atoms with Crippen molar-refractivity contribution in [3.05, 3.63) is 0 Å². The van der Waals surface area contributed by atoms with Gasteiger partial charge in [0.1, 0.15) is 0 Å². The molecule has 21 heavy (non-hydrogen) atoms. The molecule has 0 aromatic rings. The van der Waals surface area contributed by atoms with Crippen LogP contribution in [0, 0.1) is 23.2 Å². The fraction of sp³-hybridized carbons (Fsp3) is 0.944. The summed E-state index contributed by atoms with van der Waals surface area (Å²) in [4.78, 5) is 12.3. The molecule has 0 heterocycles. The minimum Gasteiger partial charge on any atom is -0.336 e. The van der Waals surface area contributed by atoms with Crippen LogP contribution < -0.4 is 10.6 Å². The van der Waals surface area contributed by atoms with Gasteiger partial charge in [-0.05, 0) is 81.5 Å². The summed E-state index contributed by atoms with van der Waals surface area (Å²) < 4.78 is 0. The van der Waals surface area contributed by atoms with Crippen molar-refractivity contribution in [2.24, 2.45) is 23.2 Å². The lowest BCUT2D eigenvalue weighted by atomic mass is 9.47. The number of rotatable bonds is 5. The quantitative estimate of drug-likeness (QED) is 0.787. The van der Waals surface area contributed by atoms with Crippen LogP contribution in [-0.4, -0.2) is 18.1 Å². The zero-order chi connectivity index (χ0) is 15.0. The molecule has 2 N–H and O–H groups in total. The van der Waals surface area contributed by atoms with Crippen LogP contribution in [0.15, 0.2) is 0 Å². The van der Waals surface area contributed by atoms with Gasteiger partial charge in [0, 0.05) is 12.1 Å². The summed E-state index contributed by atoms with van der Waals surface area (Å²) in [5.74, 6) is 2.85. The highest BCUT2D eigenvalue weighted by Gasteiger charge is 2.54. The molecule has 4 aliphatic carbocycles. The Labute approximate surface area is 129 Å². The van der Waals surface area contributed by atoms with Crippen LogP contribution in [0.5, 0.6) is 0 Å².